The Bertz CT molecular complexity index is 1070. The first-order valence-electron chi connectivity index (χ1n) is 9.67. The van der Waals surface area contributed by atoms with Crippen LogP contribution < -0.4 is 14.9 Å². The highest BCUT2D eigenvalue weighted by molar-refractivity contribution is 5.82. The minimum Gasteiger partial charge on any atom is -0.497 e. The summed E-state index contributed by atoms with van der Waals surface area (Å²) in [5, 5.41) is 0.512. The summed E-state index contributed by atoms with van der Waals surface area (Å²) in [4.78, 5) is 15.1. The fourth-order valence-corrected chi connectivity index (χ4v) is 2.95. The van der Waals surface area contributed by atoms with E-state index in [1.54, 1.807) is 25.3 Å². The zero-order chi connectivity index (χ0) is 20.6. The lowest BCUT2D eigenvalue weighted by Gasteiger charge is -2.13. The molecule has 0 radical (unpaired) electrons. The zero-order valence-corrected chi connectivity index (χ0v) is 17.0. The number of hydrogen-bond donors (Lipinski definition) is 0. The molecule has 3 rings (SSSR count). The van der Waals surface area contributed by atoms with Gasteiger partial charge in [0.05, 0.1) is 24.6 Å². The second-order valence-corrected chi connectivity index (χ2v) is 6.47. The summed E-state index contributed by atoms with van der Waals surface area (Å²) < 4.78 is 16.5. The zero-order valence-electron chi connectivity index (χ0n) is 17.0. The molecule has 0 atom stereocenters. The van der Waals surface area contributed by atoms with Gasteiger partial charge >= 0.3 is 0 Å². The van der Waals surface area contributed by atoms with Crippen molar-refractivity contribution in [2.45, 2.75) is 13.8 Å². The van der Waals surface area contributed by atoms with Gasteiger partial charge in [0.25, 0.3) is 0 Å². The van der Waals surface area contributed by atoms with Gasteiger partial charge in [-0.1, -0.05) is 37.8 Å². The number of rotatable bonds is 7. The Hall–Kier alpha value is -3.23. The van der Waals surface area contributed by atoms with Gasteiger partial charge in [-0.15, -0.1) is 0 Å². The predicted octanol–water partition coefficient (Wildman–Crippen LogP) is 4.19. The van der Waals surface area contributed by atoms with E-state index in [9.17, 15) is 4.79 Å². The van der Waals surface area contributed by atoms with E-state index >= 15 is 0 Å². The molecule has 3 aromatic rings. The van der Waals surface area contributed by atoms with Crippen LogP contribution in [0.3, 0.4) is 0 Å². The van der Waals surface area contributed by atoms with E-state index in [1.165, 1.54) is 6.26 Å². The summed E-state index contributed by atoms with van der Waals surface area (Å²) >= 11 is 0. The molecule has 0 spiro atoms. The predicted molar refractivity (Wildman–Crippen MR) is 116 cm³/mol. The van der Waals surface area contributed by atoms with Crippen LogP contribution in [0.1, 0.15) is 13.8 Å². The van der Waals surface area contributed by atoms with Gasteiger partial charge in [-0.05, 0) is 42.9 Å². The molecule has 0 bridgehead atoms. The maximum atomic E-state index is 12.9. The maximum absolute atomic E-state index is 12.9. The first-order valence-corrected chi connectivity index (χ1v) is 9.67. The molecule has 0 amide bonds. The molecule has 5 nitrogen and oxygen atoms in total. The van der Waals surface area contributed by atoms with Crippen molar-refractivity contribution in [3.63, 3.8) is 0 Å². The molecule has 29 heavy (non-hydrogen) atoms. The molecule has 0 saturated carbocycles. The number of nitrogens with zero attached hydrogens (tertiary/aromatic N) is 1. The molecule has 2 aromatic carbocycles. The van der Waals surface area contributed by atoms with Crippen molar-refractivity contribution in [2.75, 3.05) is 33.4 Å². The van der Waals surface area contributed by atoms with Gasteiger partial charge in [-0.3, -0.25) is 9.69 Å². The van der Waals surface area contributed by atoms with E-state index in [2.05, 4.69) is 30.6 Å². The van der Waals surface area contributed by atoms with Gasteiger partial charge in [0.15, 0.2) is 5.43 Å². The molecule has 0 unspecified atom stereocenters. The minimum atomic E-state index is -0.0815. The first kappa shape index (κ1) is 20.5. The third-order valence-electron chi connectivity index (χ3n) is 4.78. The Morgan fingerprint density at radius 3 is 2.41 bits per heavy atom. The number of benzene rings is 2. The maximum Gasteiger partial charge on any atom is 0.200 e. The Morgan fingerprint density at radius 2 is 1.72 bits per heavy atom. The first-order chi connectivity index (χ1) is 14.2. The van der Waals surface area contributed by atoms with Gasteiger partial charge in [-0.25, -0.2) is 0 Å². The monoisotopic (exact) mass is 391 g/mol. The standard InChI is InChI=1S/C24H25NO4/c1-4-25(5-2)14-6-7-15-28-20-12-13-21-23(16-20)29-17-22(24(21)26)18-8-10-19(27-3)11-9-18/h8-13,16-17H,4-5,14-15H2,1-3H3. The third-order valence-corrected chi connectivity index (χ3v) is 4.78. The lowest BCUT2D eigenvalue weighted by molar-refractivity contribution is 0.341. The van der Waals surface area contributed by atoms with Crippen molar-refractivity contribution in [1.82, 2.24) is 4.90 Å². The largest absolute Gasteiger partial charge is 0.497 e. The molecular formula is C24H25NO4. The third kappa shape index (κ3) is 4.98. The molecule has 0 aliphatic heterocycles. The number of ether oxygens (including phenoxy) is 2. The van der Waals surface area contributed by atoms with Crippen LogP contribution in [0.5, 0.6) is 11.5 Å². The summed E-state index contributed by atoms with van der Waals surface area (Å²) in [7, 11) is 1.61. The van der Waals surface area contributed by atoms with Crippen molar-refractivity contribution in [3.05, 3.63) is 59.0 Å². The summed E-state index contributed by atoms with van der Waals surface area (Å²) in [6.45, 7) is 7.22. The van der Waals surface area contributed by atoms with E-state index in [0.29, 0.717) is 28.9 Å². The summed E-state index contributed by atoms with van der Waals surface area (Å²) in [6.07, 6.45) is 1.49. The fourth-order valence-electron chi connectivity index (χ4n) is 2.95. The number of methoxy groups -OCH3 is 1. The summed E-state index contributed by atoms with van der Waals surface area (Å²) in [5.41, 5.74) is 1.70. The van der Waals surface area contributed by atoms with Crippen molar-refractivity contribution in [2.24, 2.45) is 0 Å². The van der Waals surface area contributed by atoms with Crippen molar-refractivity contribution < 1.29 is 13.9 Å². The Kier molecular flexibility index (Phi) is 6.94. The quantitative estimate of drug-likeness (QED) is 0.565. The molecule has 0 aliphatic carbocycles. The van der Waals surface area contributed by atoms with Gasteiger partial charge in [0.1, 0.15) is 30.0 Å². The number of hydrogen-bond acceptors (Lipinski definition) is 5. The normalized spacial score (nSPS) is 10.6. The van der Waals surface area contributed by atoms with Crippen molar-refractivity contribution >= 4 is 11.0 Å². The molecule has 0 saturated heterocycles. The second kappa shape index (κ2) is 9.81. The van der Waals surface area contributed by atoms with Crippen LogP contribution in [0.4, 0.5) is 0 Å². The highest BCUT2D eigenvalue weighted by Gasteiger charge is 2.10. The molecule has 1 heterocycles. The molecule has 5 heteroatoms. The lowest BCUT2D eigenvalue weighted by atomic mass is 10.1. The average molecular weight is 391 g/mol. The van der Waals surface area contributed by atoms with Crippen LogP contribution >= 0.6 is 0 Å². The summed E-state index contributed by atoms with van der Waals surface area (Å²) in [6, 6.07) is 12.5. The topological polar surface area (TPSA) is 51.9 Å². The molecular weight excluding hydrogens is 366 g/mol. The Balaban J connectivity index is 1.74. The molecule has 0 fully saturated rings. The van der Waals surface area contributed by atoms with Crippen LogP contribution in [0.15, 0.2) is 57.9 Å². The Morgan fingerprint density at radius 1 is 1.00 bits per heavy atom. The summed E-state index contributed by atoms with van der Waals surface area (Å²) in [5.74, 6) is 7.48. The van der Waals surface area contributed by atoms with Gasteiger partial charge in [0.2, 0.25) is 0 Å². The molecule has 0 aliphatic rings. The van der Waals surface area contributed by atoms with E-state index in [-0.39, 0.29) is 5.43 Å². The van der Waals surface area contributed by atoms with E-state index in [1.807, 2.05) is 24.3 Å². The van der Waals surface area contributed by atoms with Crippen molar-refractivity contribution in [1.29, 1.82) is 0 Å². The molecule has 150 valence electrons. The lowest BCUT2D eigenvalue weighted by Crippen LogP contribution is -2.22. The average Bonchev–Trinajstić information content (AvgIpc) is 2.76. The van der Waals surface area contributed by atoms with E-state index < -0.39 is 0 Å². The van der Waals surface area contributed by atoms with Gasteiger partial charge in [-0.2, -0.15) is 0 Å². The number of fused-ring (bicyclic) bond motifs is 1. The highest BCUT2D eigenvalue weighted by atomic mass is 16.5. The van der Waals surface area contributed by atoms with Gasteiger partial charge < -0.3 is 13.9 Å². The van der Waals surface area contributed by atoms with Crippen LogP contribution in [-0.2, 0) is 0 Å². The van der Waals surface area contributed by atoms with E-state index in [0.717, 1.165) is 30.9 Å². The van der Waals surface area contributed by atoms with Gasteiger partial charge in [0, 0.05) is 6.07 Å². The molecule has 0 N–H and O–H groups in total. The highest BCUT2D eigenvalue weighted by Crippen LogP contribution is 2.24. The smallest absolute Gasteiger partial charge is 0.200 e. The fraction of sp³-hybridized carbons (Fsp3) is 0.292. The van der Waals surface area contributed by atoms with Crippen LogP contribution in [0, 0.1) is 11.8 Å². The van der Waals surface area contributed by atoms with E-state index in [4.69, 9.17) is 13.9 Å². The molecule has 1 aromatic heterocycles. The minimum absolute atomic E-state index is 0.0815. The SMILES string of the molecule is CCN(CC)CC#CCOc1ccc2c(=O)c(-c3ccc(OC)cc3)coc2c1. The van der Waals surface area contributed by atoms with Crippen molar-refractivity contribution in [3.8, 4) is 34.5 Å². The Labute approximate surface area is 170 Å². The van der Waals surface area contributed by atoms with Crippen LogP contribution in [-0.4, -0.2) is 38.3 Å². The van der Waals surface area contributed by atoms with Crippen LogP contribution in [0.2, 0.25) is 0 Å². The van der Waals surface area contributed by atoms with Crippen LogP contribution in [0.25, 0.3) is 22.1 Å². The second-order valence-electron chi connectivity index (χ2n) is 6.47.